The summed E-state index contributed by atoms with van der Waals surface area (Å²) in [4.78, 5) is 21.8. The molecule has 0 heterocycles. The van der Waals surface area contributed by atoms with Gasteiger partial charge >= 0.3 is 12.0 Å². The standard InChI is InChI=1S/C11H12BrClN2O4/c12-7-2-1-6(5-8(7)13)15-11(19)14-4-3-9(16)10(17)18/h1-2,5,9,16H,3-4H2,(H,17,18)(H2,14,15,19). The molecule has 2 amide bonds. The summed E-state index contributed by atoms with van der Waals surface area (Å²) in [6.07, 6.45) is -1.55. The van der Waals surface area contributed by atoms with Crippen LogP contribution in [0.5, 0.6) is 0 Å². The van der Waals surface area contributed by atoms with Gasteiger partial charge in [0, 0.05) is 23.1 Å². The highest BCUT2D eigenvalue weighted by Crippen LogP contribution is 2.25. The predicted molar refractivity (Wildman–Crippen MR) is 74.4 cm³/mol. The number of hydrogen-bond acceptors (Lipinski definition) is 3. The molecule has 0 radical (unpaired) electrons. The van der Waals surface area contributed by atoms with Gasteiger partial charge in [-0.15, -0.1) is 0 Å². The third kappa shape index (κ3) is 5.46. The van der Waals surface area contributed by atoms with Gasteiger partial charge in [0.25, 0.3) is 0 Å². The molecule has 0 aliphatic heterocycles. The quantitative estimate of drug-likeness (QED) is 0.652. The van der Waals surface area contributed by atoms with Crippen molar-refractivity contribution >= 4 is 45.2 Å². The Hall–Kier alpha value is -1.31. The second kappa shape index (κ2) is 7.32. The number of amides is 2. The topological polar surface area (TPSA) is 98.7 Å². The van der Waals surface area contributed by atoms with Gasteiger partial charge in [0.05, 0.1) is 5.02 Å². The molecule has 0 aliphatic rings. The van der Waals surface area contributed by atoms with E-state index in [1.807, 2.05) is 0 Å². The second-order valence-corrected chi connectivity index (χ2v) is 4.91. The van der Waals surface area contributed by atoms with Crippen LogP contribution < -0.4 is 10.6 Å². The third-order valence-electron chi connectivity index (χ3n) is 2.17. The molecule has 1 atom stereocenters. The van der Waals surface area contributed by atoms with E-state index in [9.17, 15) is 9.59 Å². The summed E-state index contributed by atoms with van der Waals surface area (Å²) < 4.78 is 0.713. The maximum atomic E-state index is 11.5. The molecular formula is C11H12BrClN2O4. The highest BCUT2D eigenvalue weighted by Gasteiger charge is 2.12. The number of hydrogen-bond donors (Lipinski definition) is 4. The van der Waals surface area contributed by atoms with E-state index >= 15 is 0 Å². The third-order valence-corrected chi connectivity index (χ3v) is 3.40. The van der Waals surface area contributed by atoms with E-state index in [4.69, 9.17) is 21.8 Å². The molecule has 8 heteroatoms. The second-order valence-electron chi connectivity index (χ2n) is 3.65. The Morgan fingerprint density at radius 3 is 2.68 bits per heavy atom. The van der Waals surface area contributed by atoms with Crippen LogP contribution in [0.25, 0.3) is 0 Å². The first kappa shape index (κ1) is 15.7. The highest BCUT2D eigenvalue weighted by atomic mass is 79.9. The molecule has 1 aromatic carbocycles. The molecule has 1 unspecified atom stereocenters. The Morgan fingerprint density at radius 1 is 1.42 bits per heavy atom. The lowest BCUT2D eigenvalue weighted by Crippen LogP contribution is -2.33. The smallest absolute Gasteiger partial charge is 0.332 e. The molecule has 1 aromatic rings. The van der Waals surface area contributed by atoms with E-state index in [0.29, 0.717) is 15.2 Å². The molecule has 1 rings (SSSR count). The molecule has 19 heavy (non-hydrogen) atoms. The summed E-state index contributed by atoms with van der Waals surface area (Å²) in [6, 6.07) is 4.40. The van der Waals surface area contributed by atoms with Crippen molar-refractivity contribution in [2.24, 2.45) is 0 Å². The molecule has 0 saturated heterocycles. The van der Waals surface area contributed by atoms with Gasteiger partial charge in [0.15, 0.2) is 6.10 Å². The number of carboxylic acid groups (broad SMARTS) is 1. The number of benzene rings is 1. The number of anilines is 1. The van der Waals surface area contributed by atoms with Gasteiger partial charge in [-0.2, -0.15) is 0 Å². The average molecular weight is 352 g/mol. The predicted octanol–water partition coefficient (Wildman–Crippen LogP) is 2.06. The highest BCUT2D eigenvalue weighted by molar-refractivity contribution is 9.10. The maximum absolute atomic E-state index is 11.5. The monoisotopic (exact) mass is 350 g/mol. The minimum atomic E-state index is -1.48. The molecule has 0 aliphatic carbocycles. The first-order valence-electron chi connectivity index (χ1n) is 5.31. The largest absolute Gasteiger partial charge is 0.479 e. The van der Waals surface area contributed by atoms with Crippen molar-refractivity contribution in [1.29, 1.82) is 0 Å². The van der Waals surface area contributed by atoms with Crippen LogP contribution in [0.4, 0.5) is 10.5 Å². The number of carbonyl (C=O) groups excluding carboxylic acids is 1. The van der Waals surface area contributed by atoms with Gasteiger partial charge in [0.2, 0.25) is 0 Å². The van der Waals surface area contributed by atoms with Crippen LogP contribution >= 0.6 is 27.5 Å². The summed E-state index contributed by atoms with van der Waals surface area (Å²) in [5.41, 5.74) is 0.504. The summed E-state index contributed by atoms with van der Waals surface area (Å²) >= 11 is 9.08. The molecule has 0 bridgehead atoms. The zero-order chi connectivity index (χ0) is 14.4. The van der Waals surface area contributed by atoms with Crippen LogP contribution in [0.2, 0.25) is 5.02 Å². The zero-order valence-corrected chi connectivity index (χ0v) is 12.0. The first-order valence-corrected chi connectivity index (χ1v) is 6.48. The molecule has 104 valence electrons. The molecule has 0 aromatic heterocycles. The van der Waals surface area contributed by atoms with E-state index in [0.717, 1.165) is 0 Å². The van der Waals surface area contributed by atoms with Gasteiger partial charge in [0.1, 0.15) is 0 Å². The van der Waals surface area contributed by atoms with Crippen molar-refractivity contribution in [3.05, 3.63) is 27.7 Å². The van der Waals surface area contributed by atoms with Crippen molar-refractivity contribution in [3.8, 4) is 0 Å². The lowest BCUT2D eigenvalue weighted by Gasteiger charge is -2.09. The molecule has 0 saturated carbocycles. The maximum Gasteiger partial charge on any atom is 0.332 e. The number of carbonyl (C=O) groups is 2. The van der Waals surface area contributed by atoms with Gasteiger partial charge in [-0.25, -0.2) is 9.59 Å². The Kier molecular flexibility index (Phi) is 6.07. The Balaban J connectivity index is 2.39. The SMILES string of the molecule is O=C(NCCC(O)C(=O)O)Nc1ccc(Br)c(Cl)c1. The first-order chi connectivity index (χ1) is 8.90. The van der Waals surface area contributed by atoms with E-state index in [1.165, 1.54) is 0 Å². The lowest BCUT2D eigenvalue weighted by molar-refractivity contribution is -0.146. The number of aliphatic hydroxyl groups is 1. The molecule has 6 nitrogen and oxygen atoms in total. The zero-order valence-electron chi connectivity index (χ0n) is 9.69. The normalized spacial score (nSPS) is 11.7. The number of rotatable bonds is 5. The van der Waals surface area contributed by atoms with Crippen molar-refractivity contribution in [1.82, 2.24) is 5.32 Å². The van der Waals surface area contributed by atoms with Gasteiger partial charge in [-0.05, 0) is 34.1 Å². The van der Waals surface area contributed by atoms with E-state index in [2.05, 4.69) is 26.6 Å². The van der Waals surface area contributed by atoms with Crippen LogP contribution in [-0.4, -0.2) is 34.9 Å². The minimum absolute atomic E-state index is 0.0452. The van der Waals surface area contributed by atoms with E-state index in [-0.39, 0.29) is 13.0 Å². The van der Waals surface area contributed by atoms with Crippen LogP contribution in [0.15, 0.2) is 22.7 Å². The number of halogens is 2. The number of carboxylic acids is 1. The van der Waals surface area contributed by atoms with Crippen molar-refractivity contribution in [3.63, 3.8) is 0 Å². The fourth-order valence-electron chi connectivity index (χ4n) is 1.20. The number of urea groups is 1. The summed E-state index contributed by atoms with van der Waals surface area (Å²) in [5.74, 6) is -1.32. The Morgan fingerprint density at radius 2 is 2.11 bits per heavy atom. The van der Waals surface area contributed by atoms with E-state index < -0.39 is 18.1 Å². The fraction of sp³-hybridized carbons (Fsp3) is 0.273. The number of nitrogens with one attached hydrogen (secondary N) is 2. The molecule has 0 fully saturated rings. The van der Waals surface area contributed by atoms with Crippen LogP contribution in [0.3, 0.4) is 0 Å². The summed E-state index contributed by atoms with van der Waals surface area (Å²) in [7, 11) is 0. The Labute approximate surface area is 122 Å². The summed E-state index contributed by atoms with van der Waals surface area (Å²) in [5, 5.41) is 22.9. The summed E-state index contributed by atoms with van der Waals surface area (Å²) in [6.45, 7) is 0.0452. The number of aliphatic carboxylic acids is 1. The van der Waals surface area contributed by atoms with Crippen molar-refractivity contribution < 1.29 is 19.8 Å². The number of aliphatic hydroxyl groups excluding tert-OH is 1. The molecule has 0 spiro atoms. The van der Waals surface area contributed by atoms with Gasteiger partial charge < -0.3 is 20.8 Å². The van der Waals surface area contributed by atoms with Crippen LogP contribution in [0, 0.1) is 0 Å². The average Bonchev–Trinajstić information content (AvgIpc) is 2.33. The van der Waals surface area contributed by atoms with Crippen molar-refractivity contribution in [2.45, 2.75) is 12.5 Å². The molecule has 4 N–H and O–H groups in total. The van der Waals surface area contributed by atoms with Crippen molar-refractivity contribution in [2.75, 3.05) is 11.9 Å². The van der Waals surface area contributed by atoms with Gasteiger partial charge in [-0.1, -0.05) is 11.6 Å². The van der Waals surface area contributed by atoms with Crippen LogP contribution in [0.1, 0.15) is 6.42 Å². The van der Waals surface area contributed by atoms with Gasteiger partial charge in [-0.3, -0.25) is 0 Å². The lowest BCUT2D eigenvalue weighted by atomic mass is 10.2. The Bertz CT molecular complexity index is 484. The fourth-order valence-corrected chi connectivity index (χ4v) is 1.62. The van der Waals surface area contributed by atoms with Crippen LogP contribution in [-0.2, 0) is 4.79 Å². The minimum Gasteiger partial charge on any atom is -0.479 e. The molecular weight excluding hydrogens is 339 g/mol. The van der Waals surface area contributed by atoms with E-state index in [1.54, 1.807) is 18.2 Å².